The third kappa shape index (κ3) is 5.61. The van der Waals surface area contributed by atoms with Gasteiger partial charge in [-0.15, -0.1) is 0 Å². The summed E-state index contributed by atoms with van der Waals surface area (Å²) in [6.07, 6.45) is 12.2. The minimum Gasteiger partial charge on any atom is -0.310 e. The van der Waals surface area contributed by atoms with E-state index in [-0.39, 0.29) is 10.8 Å². The third-order valence-electron chi connectivity index (χ3n) is 18.1. The van der Waals surface area contributed by atoms with E-state index >= 15 is 0 Å². The Morgan fingerprint density at radius 3 is 1.72 bits per heavy atom. The molecule has 0 radical (unpaired) electrons. The molecule has 4 fully saturated rings. The van der Waals surface area contributed by atoms with Crippen LogP contribution in [-0.4, -0.2) is 0 Å². The van der Waals surface area contributed by atoms with Crippen molar-refractivity contribution in [1.29, 1.82) is 0 Å². The minimum absolute atomic E-state index is 0.0637. The Morgan fingerprint density at radius 2 is 0.969 bits per heavy atom. The van der Waals surface area contributed by atoms with Crippen molar-refractivity contribution in [1.82, 2.24) is 0 Å². The molecule has 7 aromatic carbocycles. The third-order valence-corrected chi connectivity index (χ3v) is 18.1. The smallest absolute Gasteiger partial charge is 0.0540 e. The molecule has 0 aliphatic heterocycles. The van der Waals surface area contributed by atoms with Crippen molar-refractivity contribution in [3.63, 3.8) is 0 Å². The van der Waals surface area contributed by atoms with E-state index in [9.17, 15) is 0 Å². The van der Waals surface area contributed by atoms with Gasteiger partial charge in [0.2, 0.25) is 0 Å². The van der Waals surface area contributed by atoms with E-state index in [0.29, 0.717) is 17.8 Å². The fourth-order valence-corrected chi connectivity index (χ4v) is 15.9. The predicted molar refractivity (Wildman–Crippen MR) is 267 cm³/mol. The maximum absolute atomic E-state index is 2.63. The standard InChI is InChI=1S/C63H61N/c1-40-30-43-28-29-62(48(32-40)35-43)57-20-12-10-18-52(57)55-38-50(23-25-58(55)62)64(61-27-22-47(45-14-6-4-7-15-45)37-54(61)46-16-8-5-9-17-46)51-24-26-60-56(39-51)53-19-11-13-21-59(53)63(60)42(3)34-44-31-41(2)33-49(63)36-44/h4-27,37-44,48-49H,28-36H2,1-3H3/t40-,41-,42+,43?,44?,48-,49?,62-,63+/m1/s1. The van der Waals surface area contributed by atoms with Gasteiger partial charge in [0.25, 0.3) is 0 Å². The summed E-state index contributed by atoms with van der Waals surface area (Å²) in [4.78, 5) is 2.63. The van der Waals surface area contributed by atoms with Crippen molar-refractivity contribution < 1.29 is 0 Å². The fourth-order valence-electron chi connectivity index (χ4n) is 15.9. The minimum atomic E-state index is 0.0637. The number of fused-ring (bicyclic) bond motifs is 16. The van der Waals surface area contributed by atoms with E-state index in [2.05, 4.69) is 189 Å². The average molecular weight is 832 g/mol. The van der Waals surface area contributed by atoms with Crippen molar-refractivity contribution in [2.75, 3.05) is 4.90 Å². The zero-order valence-corrected chi connectivity index (χ0v) is 37.9. The van der Waals surface area contributed by atoms with E-state index < -0.39 is 0 Å². The topological polar surface area (TPSA) is 3.24 Å². The van der Waals surface area contributed by atoms with Crippen molar-refractivity contribution in [2.45, 2.75) is 89.4 Å². The molecule has 9 atom stereocenters. The molecule has 7 aromatic rings. The summed E-state index contributed by atoms with van der Waals surface area (Å²) < 4.78 is 0. The Hall–Kier alpha value is -5.66. The molecule has 1 nitrogen and oxygen atoms in total. The lowest BCUT2D eigenvalue weighted by Crippen LogP contribution is -2.49. The lowest BCUT2D eigenvalue weighted by atomic mass is 9.49. The van der Waals surface area contributed by atoms with Gasteiger partial charge in [-0.3, -0.25) is 0 Å². The van der Waals surface area contributed by atoms with Crippen LogP contribution in [0.4, 0.5) is 17.1 Å². The van der Waals surface area contributed by atoms with Crippen molar-refractivity contribution in [2.24, 2.45) is 41.4 Å². The van der Waals surface area contributed by atoms with Gasteiger partial charge >= 0.3 is 0 Å². The van der Waals surface area contributed by atoms with Crippen LogP contribution >= 0.6 is 0 Å². The second-order valence-corrected chi connectivity index (χ2v) is 21.6. The van der Waals surface area contributed by atoms with Gasteiger partial charge in [0.15, 0.2) is 0 Å². The van der Waals surface area contributed by atoms with Crippen molar-refractivity contribution in [3.05, 3.63) is 186 Å². The van der Waals surface area contributed by atoms with Crippen LogP contribution in [0.25, 0.3) is 44.5 Å². The number of rotatable bonds is 5. The first-order valence-electron chi connectivity index (χ1n) is 24.9. The Balaban J connectivity index is 1.04. The first-order valence-corrected chi connectivity index (χ1v) is 24.9. The molecule has 0 saturated heterocycles. The summed E-state index contributed by atoms with van der Waals surface area (Å²) >= 11 is 0. The molecule has 2 spiro atoms. The SMILES string of the molecule is C[C@@H]1CC2CC(C1)[C@]1(c3ccccc3-c3cc(N(c4ccc5c(c4)-c4ccccc4[C@]54CCC5C[C@@H](C)C[C@@H]4C5)c4ccc(-c5ccccc5)cc4-c4ccccc4)ccc31)[C@@H](C)C2. The molecule has 0 aromatic heterocycles. The maximum atomic E-state index is 2.63. The van der Waals surface area contributed by atoms with E-state index in [1.165, 1.54) is 119 Å². The highest BCUT2D eigenvalue weighted by Gasteiger charge is 2.57. The molecule has 3 unspecified atom stereocenters. The summed E-state index contributed by atoms with van der Waals surface area (Å²) in [5.41, 5.74) is 20.9. The Morgan fingerprint density at radius 1 is 0.406 bits per heavy atom. The molecule has 0 heterocycles. The largest absolute Gasteiger partial charge is 0.310 e. The van der Waals surface area contributed by atoms with E-state index in [1.54, 1.807) is 22.3 Å². The van der Waals surface area contributed by atoms with Crippen LogP contribution in [0.5, 0.6) is 0 Å². The summed E-state index contributed by atoms with van der Waals surface area (Å²) in [6, 6.07) is 63.7. The van der Waals surface area contributed by atoms with Crippen LogP contribution in [0.1, 0.15) is 101 Å². The lowest BCUT2D eigenvalue weighted by Gasteiger charge is -2.54. The van der Waals surface area contributed by atoms with E-state index in [0.717, 1.165) is 23.7 Å². The lowest BCUT2D eigenvalue weighted by molar-refractivity contribution is 0.0426. The predicted octanol–water partition coefficient (Wildman–Crippen LogP) is 17.0. The highest BCUT2D eigenvalue weighted by molar-refractivity contribution is 5.95. The number of hydrogen-bond donors (Lipinski definition) is 0. The van der Waals surface area contributed by atoms with Crippen molar-refractivity contribution in [3.8, 4) is 44.5 Å². The van der Waals surface area contributed by atoms with Gasteiger partial charge in [0.1, 0.15) is 0 Å². The molecular weight excluding hydrogens is 771 g/mol. The van der Waals surface area contributed by atoms with Crippen LogP contribution in [0.3, 0.4) is 0 Å². The van der Waals surface area contributed by atoms with Crippen molar-refractivity contribution >= 4 is 17.1 Å². The van der Waals surface area contributed by atoms with Crippen LogP contribution in [0, 0.1) is 41.4 Å². The number of hydrogen-bond acceptors (Lipinski definition) is 1. The first kappa shape index (κ1) is 38.8. The quantitative estimate of drug-likeness (QED) is 0.167. The highest BCUT2D eigenvalue weighted by Crippen LogP contribution is 2.66. The molecule has 6 aliphatic carbocycles. The normalized spacial score (nSPS) is 29.2. The molecule has 4 saturated carbocycles. The molecule has 6 aliphatic rings. The van der Waals surface area contributed by atoms with Gasteiger partial charge < -0.3 is 4.90 Å². The molecular formula is C63H61N. The summed E-state index contributed by atoms with van der Waals surface area (Å²) in [5, 5.41) is 0. The molecule has 4 bridgehead atoms. The van der Waals surface area contributed by atoms with Crippen LogP contribution < -0.4 is 4.90 Å². The zero-order valence-electron chi connectivity index (χ0n) is 37.9. The zero-order chi connectivity index (χ0) is 42.7. The van der Waals surface area contributed by atoms with Crippen LogP contribution in [0.2, 0.25) is 0 Å². The maximum Gasteiger partial charge on any atom is 0.0540 e. The summed E-state index contributed by atoms with van der Waals surface area (Å²) in [6.45, 7) is 7.64. The second kappa shape index (κ2) is 14.7. The fraction of sp³-hybridized carbons (Fsp3) is 0.333. The molecule has 1 heteroatoms. The Kier molecular flexibility index (Phi) is 8.89. The molecule has 0 amide bonds. The van der Waals surface area contributed by atoms with Gasteiger partial charge in [-0.25, -0.2) is 0 Å². The van der Waals surface area contributed by atoms with Gasteiger partial charge in [-0.05, 0) is 197 Å². The van der Waals surface area contributed by atoms with Gasteiger partial charge in [-0.1, -0.05) is 148 Å². The first-order chi connectivity index (χ1) is 31.4. The van der Waals surface area contributed by atoms with Gasteiger partial charge in [-0.2, -0.15) is 0 Å². The number of anilines is 3. The molecule has 13 rings (SSSR count). The van der Waals surface area contributed by atoms with Gasteiger partial charge in [0.05, 0.1) is 5.69 Å². The molecule has 64 heavy (non-hydrogen) atoms. The second-order valence-electron chi connectivity index (χ2n) is 21.6. The Labute approximate surface area is 381 Å². The van der Waals surface area contributed by atoms with E-state index in [4.69, 9.17) is 0 Å². The monoisotopic (exact) mass is 831 g/mol. The summed E-state index contributed by atoms with van der Waals surface area (Å²) in [5.74, 6) is 5.30. The van der Waals surface area contributed by atoms with Gasteiger partial charge in [0, 0.05) is 27.8 Å². The molecule has 0 N–H and O–H groups in total. The number of benzene rings is 7. The number of nitrogens with zero attached hydrogens (tertiary/aromatic N) is 1. The summed E-state index contributed by atoms with van der Waals surface area (Å²) in [7, 11) is 0. The average Bonchev–Trinajstić information content (AvgIpc) is 3.78. The Bertz CT molecular complexity index is 2920. The molecule has 318 valence electrons. The highest BCUT2D eigenvalue weighted by atomic mass is 15.1. The van der Waals surface area contributed by atoms with E-state index in [1.807, 2.05) is 0 Å². The van der Waals surface area contributed by atoms with Crippen LogP contribution in [-0.2, 0) is 10.8 Å². The van der Waals surface area contributed by atoms with Crippen LogP contribution in [0.15, 0.2) is 164 Å².